The topological polar surface area (TPSA) is 15.6 Å². The maximum absolute atomic E-state index is 4.34. The number of nitrogens with zero attached hydrogens (tertiary/aromatic N) is 2. The van der Waals surface area contributed by atoms with Crippen LogP contribution in [-0.2, 0) is 0 Å². The molecule has 0 fully saturated rings. The van der Waals surface area contributed by atoms with Gasteiger partial charge in [-0.1, -0.05) is 20.4 Å². The first kappa shape index (κ1) is 7.32. The van der Waals surface area contributed by atoms with Crippen LogP contribution in [0.15, 0.2) is 17.3 Å². The van der Waals surface area contributed by atoms with Gasteiger partial charge in [-0.05, 0) is 0 Å². The Labute approximate surface area is 62.3 Å². The van der Waals surface area contributed by atoms with E-state index in [0.717, 1.165) is 18.1 Å². The molecule has 10 heavy (non-hydrogen) atoms. The van der Waals surface area contributed by atoms with Crippen molar-refractivity contribution in [1.29, 1.82) is 0 Å². The molecule has 0 saturated heterocycles. The number of amidine groups is 1. The first-order valence-electron chi connectivity index (χ1n) is 3.58. The third kappa shape index (κ3) is 1.06. The molecule has 0 bridgehead atoms. The summed E-state index contributed by atoms with van der Waals surface area (Å²) in [5.74, 6) is 1.68. The smallest absolute Gasteiger partial charge is 0.106 e. The lowest BCUT2D eigenvalue weighted by Crippen LogP contribution is -2.24. The van der Waals surface area contributed by atoms with Gasteiger partial charge in [-0.2, -0.15) is 0 Å². The molecule has 0 unspecified atom stereocenters. The molecular weight excluding hydrogens is 124 g/mol. The van der Waals surface area contributed by atoms with Crippen LogP contribution < -0.4 is 0 Å². The summed E-state index contributed by atoms with van der Waals surface area (Å²) in [7, 11) is 2.02. The van der Waals surface area contributed by atoms with Crippen molar-refractivity contribution in [3.05, 3.63) is 12.3 Å². The van der Waals surface area contributed by atoms with E-state index < -0.39 is 0 Å². The van der Waals surface area contributed by atoms with E-state index >= 15 is 0 Å². The minimum atomic E-state index is 0.518. The van der Waals surface area contributed by atoms with Gasteiger partial charge in [0.15, 0.2) is 0 Å². The van der Waals surface area contributed by atoms with Crippen molar-refractivity contribution in [2.24, 2.45) is 10.9 Å². The van der Waals surface area contributed by atoms with Crippen LogP contribution in [0.5, 0.6) is 0 Å². The van der Waals surface area contributed by atoms with Gasteiger partial charge < -0.3 is 4.90 Å². The van der Waals surface area contributed by atoms with E-state index in [-0.39, 0.29) is 0 Å². The van der Waals surface area contributed by atoms with Gasteiger partial charge in [-0.25, -0.2) is 0 Å². The van der Waals surface area contributed by atoms with Crippen molar-refractivity contribution in [3.8, 4) is 0 Å². The van der Waals surface area contributed by atoms with Crippen molar-refractivity contribution in [2.75, 3.05) is 13.6 Å². The third-order valence-electron chi connectivity index (χ3n) is 1.76. The number of aliphatic imine (C=N–C) groups is 1. The fraction of sp³-hybridized carbons (Fsp3) is 0.625. The Hall–Kier alpha value is -0.790. The van der Waals surface area contributed by atoms with Crippen LogP contribution in [0, 0.1) is 5.92 Å². The quantitative estimate of drug-likeness (QED) is 0.536. The SMILES string of the molecule is C=C1CN=C(C(C)C)N1C. The Morgan fingerprint density at radius 3 is 2.40 bits per heavy atom. The Morgan fingerprint density at radius 1 is 1.60 bits per heavy atom. The molecule has 0 N–H and O–H groups in total. The Morgan fingerprint density at radius 2 is 2.20 bits per heavy atom. The summed E-state index contributed by atoms with van der Waals surface area (Å²) >= 11 is 0. The van der Waals surface area contributed by atoms with E-state index in [1.165, 1.54) is 0 Å². The summed E-state index contributed by atoms with van der Waals surface area (Å²) in [6.07, 6.45) is 0. The number of likely N-dealkylation sites (N-methyl/N-ethyl adjacent to an activating group) is 1. The summed E-state index contributed by atoms with van der Waals surface area (Å²) in [6, 6.07) is 0. The molecule has 0 radical (unpaired) electrons. The zero-order valence-corrected chi connectivity index (χ0v) is 6.89. The highest BCUT2D eigenvalue weighted by Crippen LogP contribution is 2.14. The van der Waals surface area contributed by atoms with Gasteiger partial charge in [0.25, 0.3) is 0 Å². The summed E-state index contributed by atoms with van der Waals surface area (Å²) in [4.78, 5) is 6.41. The largest absolute Gasteiger partial charge is 0.335 e. The van der Waals surface area contributed by atoms with E-state index in [2.05, 4.69) is 30.3 Å². The lowest BCUT2D eigenvalue weighted by atomic mass is 10.2. The molecule has 1 aliphatic heterocycles. The molecule has 2 heteroatoms. The lowest BCUT2D eigenvalue weighted by Gasteiger charge is -2.17. The predicted octanol–water partition coefficient (Wildman–Crippen LogP) is 1.50. The molecule has 0 amide bonds. The molecule has 1 heterocycles. The fourth-order valence-electron chi connectivity index (χ4n) is 1.12. The summed E-state index contributed by atoms with van der Waals surface area (Å²) in [5.41, 5.74) is 1.10. The molecule has 0 saturated carbocycles. The van der Waals surface area contributed by atoms with E-state index in [1.54, 1.807) is 0 Å². The highest BCUT2D eigenvalue weighted by molar-refractivity contribution is 5.87. The maximum atomic E-state index is 4.34. The summed E-state index contributed by atoms with van der Waals surface area (Å²) in [5, 5.41) is 0. The van der Waals surface area contributed by atoms with E-state index in [9.17, 15) is 0 Å². The van der Waals surface area contributed by atoms with Crippen LogP contribution in [0.2, 0.25) is 0 Å². The average molecular weight is 138 g/mol. The van der Waals surface area contributed by atoms with Gasteiger partial charge in [-0.15, -0.1) is 0 Å². The molecular formula is C8H14N2. The average Bonchev–Trinajstić information content (AvgIpc) is 2.14. The van der Waals surface area contributed by atoms with Gasteiger partial charge in [0.1, 0.15) is 5.84 Å². The van der Waals surface area contributed by atoms with Gasteiger partial charge in [0.2, 0.25) is 0 Å². The molecule has 56 valence electrons. The summed E-state index contributed by atoms with van der Waals surface area (Å²) < 4.78 is 0. The van der Waals surface area contributed by atoms with Gasteiger partial charge in [0, 0.05) is 18.7 Å². The minimum Gasteiger partial charge on any atom is -0.335 e. The van der Waals surface area contributed by atoms with Crippen molar-refractivity contribution >= 4 is 5.84 Å². The molecule has 0 aromatic heterocycles. The Bertz CT molecular complexity index is 180. The maximum Gasteiger partial charge on any atom is 0.106 e. The molecule has 0 aromatic carbocycles. The second kappa shape index (κ2) is 2.45. The fourth-order valence-corrected chi connectivity index (χ4v) is 1.12. The molecule has 0 aromatic rings. The Balaban J connectivity index is 2.72. The number of rotatable bonds is 1. The number of hydrogen-bond acceptors (Lipinski definition) is 2. The molecule has 0 spiro atoms. The highest BCUT2D eigenvalue weighted by Gasteiger charge is 2.18. The van der Waals surface area contributed by atoms with Crippen molar-refractivity contribution in [2.45, 2.75) is 13.8 Å². The second-order valence-corrected chi connectivity index (χ2v) is 2.95. The van der Waals surface area contributed by atoms with Crippen LogP contribution in [0.25, 0.3) is 0 Å². The number of hydrogen-bond donors (Lipinski definition) is 0. The van der Waals surface area contributed by atoms with Crippen LogP contribution in [-0.4, -0.2) is 24.3 Å². The first-order chi connectivity index (χ1) is 4.63. The van der Waals surface area contributed by atoms with E-state index in [0.29, 0.717) is 5.92 Å². The van der Waals surface area contributed by atoms with Crippen LogP contribution in [0.4, 0.5) is 0 Å². The third-order valence-corrected chi connectivity index (χ3v) is 1.76. The standard InChI is InChI=1S/C8H14N2/c1-6(2)8-9-5-7(3)10(8)4/h6H,3,5H2,1-2,4H3. The highest BCUT2D eigenvalue weighted by atomic mass is 15.2. The molecule has 2 nitrogen and oxygen atoms in total. The van der Waals surface area contributed by atoms with Gasteiger partial charge in [-0.3, -0.25) is 4.99 Å². The van der Waals surface area contributed by atoms with Crippen molar-refractivity contribution in [1.82, 2.24) is 4.90 Å². The second-order valence-electron chi connectivity index (χ2n) is 2.95. The normalized spacial score (nSPS) is 18.6. The lowest BCUT2D eigenvalue weighted by molar-refractivity contribution is 0.609. The van der Waals surface area contributed by atoms with E-state index in [1.807, 2.05) is 7.05 Å². The van der Waals surface area contributed by atoms with Gasteiger partial charge >= 0.3 is 0 Å². The monoisotopic (exact) mass is 138 g/mol. The van der Waals surface area contributed by atoms with Crippen LogP contribution in [0.3, 0.4) is 0 Å². The molecule has 0 atom stereocenters. The molecule has 0 aliphatic carbocycles. The Kier molecular flexibility index (Phi) is 1.79. The zero-order valence-electron chi connectivity index (χ0n) is 6.89. The van der Waals surface area contributed by atoms with Crippen LogP contribution in [0.1, 0.15) is 13.8 Å². The summed E-state index contributed by atoms with van der Waals surface area (Å²) in [6.45, 7) is 8.95. The molecule has 1 aliphatic rings. The predicted molar refractivity (Wildman–Crippen MR) is 44.0 cm³/mol. The van der Waals surface area contributed by atoms with Crippen molar-refractivity contribution in [3.63, 3.8) is 0 Å². The van der Waals surface area contributed by atoms with Crippen molar-refractivity contribution < 1.29 is 0 Å². The molecule has 1 rings (SSSR count). The first-order valence-corrected chi connectivity index (χ1v) is 3.58. The van der Waals surface area contributed by atoms with E-state index in [4.69, 9.17) is 0 Å². The van der Waals surface area contributed by atoms with Gasteiger partial charge in [0.05, 0.1) is 6.54 Å². The zero-order chi connectivity index (χ0) is 7.72. The van der Waals surface area contributed by atoms with Crippen LogP contribution >= 0.6 is 0 Å². The minimum absolute atomic E-state index is 0.518.